The molecule has 0 spiro atoms. The van der Waals surface area contributed by atoms with Gasteiger partial charge in [0.1, 0.15) is 5.75 Å². The van der Waals surface area contributed by atoms with Gasteiger partial charge in [0.25, 0.3) is 5.91 Å². The quantitative estimate of drug-likeness (QED) is 0.877. The zero-order valence-corrected chi connectivity index (χ0v) is 13.0. The lowest BCUT2D eigenvalue weighted by Gasteiger charge is -2.11. The number of carbonyl (C=O) groups is 1. The molecule has 0 aromatic heterocycles. The Hall–Kier alpha value is -2.27. The molecule has 0 bridgehead atoms. The zero-order valence-electron chi connectivity index (χ0n) is 12.2. The molecule has 112 valence electrons. The molecule has 0 radical (unpaired) electrons. The summed E-state index contributed by atoms with van der Waals surface area (Å²) in [5.41, 5.74) is 6.52. The fourth-order valence-corrected chi connectivity index (χ4v) is 2.98. The SMILES string of the molecule is CCCOc1ccc2ccccc2c1C=C1SC(N)=NC1=O. The smallest absolute Gasteiger partial charge is 0.286 e. The number of hydrogen-bond donors (Lipinski definition) is 1. The number of benzene rings is 2. The van der Waals surface area contributed by atoms with Gasteiger partial charge in [-0.1, -0.05) is 37.3 Å². The fraction of sp³-hybridized carbons (Fsp3) is 0.176. The second kappa shape index (κ2) is 6.23. The predicted molar refractivity (Wildman–Crippen MR) is 91.9 cm³/mol. The first-order valence-electron chi connectivity index (χ1n) is 7.11. The molecule has 0 fully saturated rings. The van der Waals surface area contributed by atoms with E-state index in [2.05, 4.69) is 11.9 Å². The van der Waals surface area contributed by atoms with Crippen molar-refractivity contribution in [1.29, 1.82) is 0 Å². The van der Waals surface area contributed by atoms with Gasteiger partial charge < -0.3 is 10.5 Å². The van der Waals surface area contributed by atoms with Crippen molar-refractivity contribution in [3.63, 3.8) is 0 Å². The summed E-state index contributed by atoms with van der Waals surface area (Å²) in [7, 11) is 0. The number of amides is 1. The lowest BCUT2D eigenvalue weighted by atomic mass is 10.0. The van der Waals surface area contributed by atoms with Gasteiger partial charge in [-0.05, 0) is 41.1 Å². The van der Waals surface area contributed by atoms with E-state index in [0.29, 0.717) is 11.5 Å². The van der Waals surface area contributed by atoms with Gasteiger partial charge in [-0.15, -0.1) is 0 Å². The van der Waals surface area contributed by atoms with Crippen LogP contribution in [0.4, 0.5) is 0 Å². The van der Waals surface area contributed by atoms with E-state index in [1.807, 2.05) is 42.5 Å². The highest BCUT2D eigenvalue weighted by Crippen LogP contribution is 2.34. The lowest BCUT2D eigenvalue weighted by molar-refractivity contribution is -0.113. The Morgan fingerprint density at radius 1 is 1.27 bits per heavy atom. The average molecular weight is 312 g/mol. The molecular weight excluding hydrogens is 296 g/mol. The van der Waals surface area contributed by atoms with Gasteiger partial charge in [0.05, 0.1) is 11.5 Å². The molecule has 0 aliphatic carbocycles. The van der Waals surface area contributed by atoms with Crippen molar-refractivity contribution in [1.82, 2.24) is 0 Å². The Morgan fingerprint density at radius 3 is 2.82 bits per heavy atom. The number of fused-ring (bicyclic) bond motifs is 1. The number of ether oxygens (including phenoxy) is 1. The van der Waals surface area contributed by atoms with E-state index in [1.165, 1.54) is 11.8 Å². The molecule has 0 saturated carbocycles. The van der Waals surface area contributed by atoms with Gasteiger partial charge in [0.15, 0.2) is 5.17 Å². The molecule has 1 aliphatic rings. The number of amidine groups is 1. The van der Waals surface area contributed by atoms with Crippen LogP contribution in [0.2, 0.25) is 0 Å². The van der Waals surface area contributed by atoms with Crippen molar-refractivity contribution in [2.24, 2.45) is 10.7 Å². The average Bonchev–Trinajstić information content (AvgIpc) is 2.84. The van der Waals surface area contributed by atoms with Crippen LogP contribution in [0, 0.1) is 0 Å². The van der Waals surface area contributed by atoms with Crippen LogP contribution in [0.15, 0.2) is 46.3 Å². The maximum atomic E-state index is 11.9. The predicted octanol–water partition coefficient (Wildman–Crippen LogP) is 3.56. The van der Waals surface area contributed by atoms with Crippen molar-refractivity contribution in [2.75, 3.05) is 6.61 Å². The lowest BCUT2D eigenvalue weighted by Crippen LogP contribution is -2.01. The third-order valence-corrected chi connectivity index (χ3v) is 4.12. The van der Waals surface area contributed by atoms with Crippen LogP contribution in [0.25, 0.3) is 16.8 Å². The summed E-state index contributed by atoms with van der Waals surface area (Å²) < 4.78 is 5.83. The van der Waals surface area contributed by atoms with Gasteiger partial charge >= 0.3 is 0 Å². The number of nitrogens with zero attached hydrogens (tertiary/aromatic N) is 1. The van der Waals surface area contributed by atoms with Gasteiger partial charge in [0, 0.05) is 5.56 Å². The first-order valence-corrected chi connectivity index (χ1v) is 7.93. The fourth-order valence-electron chi connectivity index (χ4n) is 2.32. The van der Waals surface area contributed by atoms with Crippen LogP contribution in [0.5, 0.6) is 5.75 Å². The molecule has 0 unspecified atom stereocenters. The summed E-state index contributed by atoms with van der Waals surface area (Å²) in [5.74, 6) is 0.476. The Balaban J connectivity index is 2.12. The normalized spacial score (nSPS) is 16.3. The largest absolute Gasteiger partial charge is 0.493 e. The van der Waals surface area contributed by atoms with E-state index in [0.717, 1.165) is 28.5 Å². The summed E-state index contributed by atoms with van der Waals surface area (Å²) in [4.78, 5) is 16.1. The molecule has 2 aromatic rings. The molecular formula is C17H16N2O2S. The molecule has 1 aliphatic heterocycles. The highest BCUT2D eigenvalue weighted by Gasteiger charge is 2.20. The molecule has 3 rings (SSSR count). The summed E-state index contributed by atoms with van der Waals surface area (Å²) in [6, 6.07) is 12.0. The molecule has 4 nitrogen and oxygen atoms in total. The monoisotopic (exact) mass is 312 g/mol. The second-order valence-corrected chi connectivity index (χ2v) is 5.98. The Labute approximate surface area is 133 Å². The van der Waals surface area contributed by atoms with E-state index >= 15 is 0 Å². The molecule has 0 saturated heterocycles. The van der Waals surface area contributed by atoms with E-state index in [9.17, 15) is 4.79 Å². The van der Waals surface area contributed by atoms with E-state index in [4.69, 9.17) is 10.5 Å². The molecule has 2 aromatic carbocycles. The van der Waals surface area contributed by atoms with Crippen molar-refractivity contribution in [3.8, 4) is 5.75 Å². The Kier molecular flexibility index (Phi) is 4.15. The minimum atomic E-state index is -0.295. The highest BCUT2D eigenvalue weighted by atomic mass is 32.2. The highest BCUT2D eigenvalue weighted by molar-refractivity contribution is 8.18. The standard InChI is InChI=1S/C17H16N2O2S/c1-2-9-21-14-8-7-11-5-3-4-6-12(11)13(14)10-15-16(20)19-17(18)22-15/h3-8,10H,2,9H2,1H3,(H2,18,19,20). The van der Waals surface area contributed by atoms with Gasteiger partial charge in [0.2, 0.25) is 0 Å². The van der Waals surface area contributed by atoms with Crippen LogP contribution in [0.3, 0.4) is 0 Å². The van der Waals surface area contributed by atoms with Crippen molar-refractivity contribution < 1.29 is 9.53 Å². The van der Waals surface area contributed by atoms with Gasteiger partial charge in [-0.3, -0.25) is 4.79 Å². The van der Waals surface area contributed by atoms with Gasteiger partial charge in [-0.2, -0.15) is 4.99 Å². The third-order valence-electron chi connectivity index (χ3n) is 3.30. The molecule has 5 heteroatoms. The number of carbonyl (C=O) groups excluding carboxylic acids is 1. The van der Waals surface area contributed by atoms with E-state index in [1.54, 1.807) is 0 Å². The number of aliphatic imine (C=N–C) groups is 1. The minimum absolute atomic E-state index is 0.285. The first kappa shape index (κ1) is 14.7. The maximum absolute atomic E-state index is 11.9. The van der Waals surface area contributed by atoms with Crippen LogP contribution in [-0.2, 0) is 4.79 Å². The summed E-state index contributed by atoms with van der Waals surface area (Å²) in [6.45, 7) is 2.69. The van der Waals surface area contributed by atoms with Crippen molar-refractivity contribution in [3.05, 3.63) is 46.9 Å². The second-order valence-electron chi connectivity index (χ2n) is 4.91. The third kappa shape index (κ3) is 2.85. The van der Waals surface area contributed by atoms with Crippen LogP contribution in [0.1, 0.15) is 18.9 Å². The van der Waals surface area contributed by atoms with Crippen molar-refractivity contribution >= 4 is 39.7 Å². The van der Waals surface area contributed by atoms with Gasteiger partial charge in [-0.25, -0.2) is 0 Å². The number of hydrogen-bond acceptors (Lipinski definition) is 4. The van der Waals surface area contributed by atoms with Crippen LogP contribution < -0.4 is 10.5 Å². The Bertz CT molecular complexity index is 796. The number of rotatable bonds is 4. The maximum Gasteiger partial charge on any atom is 0.286 e. The molecule has 2 N–H and O–H groups in total. The van der Waals surface area contributed by atoms with Crippen LogP contribution >= 0.6 is 11.8 Å². The van der Waals surface area contributed by atoms with Crippen LogP contribution in [-0.4, -0.2) is 17.7 Å². The summed E-state index contributed by atoms with van der Waals surface area (Å²) >= 11 is 1.19. The minimum Gasteiger partial charge on any atom is -0.493 e. The topological polar surface area (TPSA) is 64.7 Å². The molecule has 22 heavy (non-hydrogen) atoms. The van der Waals surface area contributed by atoms with E-state index < -0.39 is 0 Å². The summed E-state index contributed by atoms with van der Waals surface area (Å²) in [5, 5.41) is 2.43. The number of thioether (sulfide) groups is 1. The first-order chi connectivity index (χ1) is 10.7. The molecule has 1 amide bonds. The Morgan fingerprint density at radius 2 is 2.09 bits per heavy atom. The summed E-state index contributed by atoms with van der Waals surface area (Å²) in [6.07, 6.45) is 2.75. The zero-order chi connectivity index (χ0) is 15.5. The van der Waals surface area contributed by atoms with Crippen molar-refractivity contribution in [2.45, 2.75) is 13.3 Å². The molecule has 1 heterocycles. The van der Waals surface area contributed by atoms with E-state index in [-0.39, 0.29) is 11.1 Å². The number of nitrogens with two attached hydrogens (primary N) is 1. The molecule has 0 atom stereocenters.